The maximum atomic E-state index is 12.6. The number of nitrogens with zero attached hydrogens (tertiary/aromatic N) is 2. The lowest BCUT2D eigenvalue weighted by Gasteiger charge is -2.47. The summed E-state index contributed by atoms with van der Waals surface area (Å²) in [5.41, 5.74) is 0.916. The van der Waals surface area contributed by atoms with Crippen LogP contribution in [0.3, 0.4) is 0 Å². The molecule has 1 aliphatic carbocycles. The number of likely N-dealkylation sites (tertiary alicyclic amines) is 1. The zero-order valence-corrected chi connectivity index (χ0v) is 20.1. The first-order valence-corrected chi connectivity index (χ1v) is 12.3. The highest BCUT2D eigenvalue weighted by Crippen LogP contribution is 2.49. The molecule has 2 aliphatic heterocycles. The van der Waals surface area contributed by atoms with Gasteiger partial charge in [0.25, 0.3) is 11.8 Å². The predicted molar refractivity (Wildman–Crippen MR) is 120 cm³/mol. The summed E-state index contributed by atoms with van der Waals surface area (Å²) in [6.45, 7) is 10.9. The van der Waals surface area contributed by atoms with Crippen molar-refractivity contribution >= 4 is 17.9 Å². The second kappa shape index (κ2) is 9.50. The fourth-order valence-corrected chi connectivity index (χ4v) is 5.87. The van der Waals surface area contributed by atoms with E-state index < -0.39 is 17.9 Å². The van der Waals surface area contributed by atoms with E-state index in [1.165, 1.54) is 57.8 Å². The van der Waals surface area contributed by atoms with Gasteiger partial charge in [0, 0.05) is 25.9 Å². The Labute approximate surface area is 188 Å². The first-order chi connectivity index (χ1) is 14.5. The quantitative estimate of drug-likeness (QED) is 0.486. The zero-order chi connectivity index (χ0) is 22.7. The topological polar surface area (TPSA) is 66.9 Å². The standard InChI is InChI=1S/C25H42N2O4/c1-23(2)11-7-5-6-8-12-24(3,4)19-25(14-13-23)15-17-26(18-16-25)22(30)31-27-20(28)9-10-21(27)29/h5-19H2,1-4H3. The van der Waals surface area contributed by atoms with Crippen molar-refractivity contribution in [2.75, 3.05) is 13.1 Å². The molecular weight excluding hydrogens is 392 g/mol. The Balaban J connectivity index is 1.65. The average Bonchev–Trinajstić information content (AvgIpc) is 3.01. The Morgan fingerprint density at radius 2 is 1.29 bits per heavy atom. The summed E-state index contributed by atoms with van der Waals surface area (Å²) >= 11 is 0. The highest BCUT2D eigenvalue weighted by atomic mass is 16.7. The van der Waals surface area contributed by atoms with Crippen LogP contribution in [0, 0.1) is 16.2 Å². The van der Waals surface area contributed by atoms with Crippen molar-refractivity contribution in [3.8, 4) is 0 Å². The van der Waals surface area contributed by atoms with Crippen LogP contribution in [0.25, 0.3) is 0 Å². The van der Waals surface area contributed by atoms with E-state index in [1.54, 1.807) is 4.90 Å². The highest BCUT2D eigenvalue weighted by molar-refractivity contribution is 6.01. The lowest BCUT2D eigenvalue weighted by Crippen LogP contribution is -2.47. The van der Waals surface area contributed by atoms with Gasteiger partial charge in [0.1, 0.15) is 0 Å². The minimum atomic E-state index is -0.564. The van der Waals surface area contributed by atoms with E-state index in [0.717, 1.165) is 12.8 Å². The van der Waals surface area contributed by atoms with E-state index in [9.17, 15) is 14.4 Å². The lowest BCUT2D eigenvalue weighted by atomic mass is 9.62. The molecule has 3 rings (SSSR count). The van der Waals surface area contributed by atoms with E-state index in [1.807, 2.05) is 0 Å². The van der Waals surface area contributed by atoms with Crippen LogP contribution in [0.4, 0.5) is 4.79 Å². The second-order valence-electron chi connectivity index (χ2n) is 11.8. The SMILES string of the molecule is CC1(C)CCCCCCC(C)(C)CC2(CCN(C(=O)ON3C(=O)CCC3=O)CC2)CC1. The summed E-state index contributed by atoms with van der Waals surface area (Å²) in [5, 5.41) is 0.661. The first kappa shape index (κ1) is 24.1. The van der Waals surface area contributed by atoms with Crippen molar-refractivity contribution in [3.63, 3.8) is 0 Å². The van der Waals surface area contributed by atoms with Crippen LogP contribution < -0.4 is 0 Å². The third kappa shape index (κ3) is 6.45. The Morgan fingerprint density at radius 3 is 1.87 bits per heavy atom. The number of amides is 3. The van der Waals surface area contributed by atoms with Gasteiger partial charge in [-0.15, -0.1) is 5.06 Å². The molecule has 2 saturated heterocycles. The number of carbonyl (C=O) groups is 3. The largest absolute Gasteiger partial charge is 0.434 e. The molecule has 0 aromatic rings. The highest BCUT2D eigenvalue weighted by Gasteiger charge is 2.42. The maximum Gasteiger partial charge on any atom is 0.434 e. The maximum absolute atomic E-state index is 12.6. The van der Waals surface area contributed by atoms with Crippen molar-refractivity contribution < 1.29 is 19.2 Å². The minimum absolute atomic E-state index is 0.125. The van der Waals surface area contributed by atoms with E-state index in [4.69, 9.17) is 4.84 Å². The molecule has 0 atom stereocenters. The summed E-state index contributed by atoms with van der Waals surface area (Å²) < 4.78 is 0. The molecule has 0 N–H and O–H groups in total. The molecule has 6 nitrogen and oxygen atoms in total. The molecule has 6 heteroatoms. The van der Waals surface area contributed by atoms with Gasteiger partial charge in [-0.05, 0) is 61.2 Å². The molecule has 3 aliphatic rings. The number of piperidine rings is 1. The van der Waals surface area contributed by atoms with Crippen LogP contribution in [0.5, 0.6) is 0 Å². The molecule has 31 heavy (non-hydrogen) atoms. The van der Waals surface area contributed by atoms with Gasteiger partial charge in [0.15, 0.2) is 0 Å². The van der Waals surface area contributed by atoms with E-state index >= 15 is 0 Å². The number of hydrogen-bond donors (Lipinski definition) is 0. The molecule has 0 radical (unpaired) electrons. The Kier molecular flexibility index (Phi) is 7.37. The van der Waals surface area contributed by atoms with Gasteiger partial charge in [-0.25, -0.2) is 4.79 Å². The predicted octanol–water partition coefficient (Wildman–Crippen LogP) is 5.85. The zero-order valence-electron chi connectivity index (χ0n) is 20.1. The van der Waals surface area contributed by atoms with Gasteiger partial charge in [-0.3, -0.25) is 9.59 Å². The second-order valence-corrected chi connectivity index (χ2v) is 11.8. The summed E-state index contributed by atoms with van der Waals surface area (Å²) in [5.74, 6) is -0.842. The van der Waals surface area contributed by atoms with Crippen LogP contribution in [0.15, 0.2) is 0 Å². The number of carbonyl (C=O) groups excluding carboxylic acids is 3. The van der Waals surface area contributed by atoms with Crippen LogP contribution in [-0.4, -0.2) is 41.0 Å². The molecule has 1 spiro atoms. The minimum Gasteiger partial charge on any atom is -0.311 e. The van der Waals surface area contributed by atoms with E-state index in [0.29, 0.717) is 29.0 Å². The summed E-state index contributed by atoms with van der Waals surface area (Å²) in [7, 11) is 0. The average molecular weight is 435 g/mol. The summed E-state index contributed by atoms with van der Waals surface area (Å²) in [4.78, 5) is 43.0. The number of hydrogen-bond acceptors (Lipinski definition) is 4. The van der Waals surface area contributed by atoms with Crippen LogP contribution >= 0.6 is 0 Å². The molecule has 176 valence electrons. The van der Waals surface area contributed by atoms with Gasteiger partial charge in [0.2, 0.25) is 0 Å². The number of hydroxylamine groups is 2. The molecule has 1 saturated carbocycles. The third-order valence-electron chi connectivity index (χ3n) is 7.90. The molecule has 2 heterocycles. The van der Waals surface area contributed by atoms with Crippen LogP contribution in [-0.2, 0) is 14.4 Å². The molecule has 0 aromatic heterocycles. The van der Waals surface area contributed by atoms with Crippen LogP contribution in [0.2, 0.25) is 0 Å². The van der Waals surface area contributed by atoms with E-state index in [2.05, 4.69) is 27.7 Å². The molecule has 3 amide bonds. The van der Waals surface area contributed by atoms with Gasteiger partial charge >= 0.3 is 6.09 Å². The van der Waals surface area contributed by atoms with Crippen molar-refractivity contribution in [2.24, 2.45) is 16.2 Å². The number of rotatable bonds is 1. The summed E-state index contributed by atoms with van der Waals surface area (Å²) in [6, 6.07) is 0. The Morgan fingerprint density at radius 1 is 0.742 bits per heavy atom. The van der Waals surface area contributed by atoms with Gasteiger partial charge in [0.05, 0.1) is 0 Å². The Bertz CT molecular complexity index is 661. The fourth-order valence-electron chi connectivity index (χ4n) is 5.87. The van der Waals surface area contributed by atoms with Crippen molar-refractivity contribution in [1.82, 2.24) is 9.96 Å². The fraction of sp³-hybridized carbons (Fsp3) is 0.880. The monoisotopic (exact) mass is 434 g/mol. The van der Waals surface area contributed by atoms with Gasteiger partial charge in [-0.1, -0.05) is 53.4 Å². The van der Waals surface area contributed by atoms with Gasteiger partial charge in [-0.2, -0.15) is 0 Å². The Hall–Kier alpha value is -1.59. The molecule has 0 unspecified atom stereocenters. The van der Waals surface area contributed by atoms with E-state index in [-0.39, 0.29) is 18.3 Å². The third-order valence-corrected chi connectivity index (χ3v) is 7.90. The lowest BCUT2D eigenvalue weighted by molar-refractivity contribution is -0.174. The van der Waals surface area contributed by atoms with Crippen molar-refractivity contribution in [2.45, 2.75) is 111 Å². The van der Waals surface area contributed by atoms with Crippen molar-refractivity contribution in [3.05, 3.63) is 0 Å². The first-order valence-electron chi connectivity index (χ1n) is 12.3. The van der Waals surface area contributed by atoms with Gasteiger partial charge < -0.3 is 9.74 Å². The number of imide groups is 1. The molecular formula is C25H42N2O4. The smallest absolute Gasteiger partial charge is 0.311 e. The molecule has 0 bridgehead atoms. The molecule has 3 fully saturated rings. The van der Waals surface area contributed by atoms with Crippen LogP contribution in [0.1, 0.15) is 111 Å². The summed E-state index contributed by atoms with van der Waals surface area (Å²) in [6.07, 6.45) is 13.1. The van der Waals surface area contributed by atoms with Crippen molar-refractivity contribution in [1.29, 1.82) is 0 Å². The molecule has 0 aromatic carbocycles. The normalized spacial score (nSPS) is 27.0.